The molecule has 0 aromatic heterocycles. The van der Waals surface area contributed by atoms with Gasteiger partial charge in [0.1, 0.15) is 6.10 Å². The molecule has 1 aliphatic carbocycles. The second-order valence-electron chi connectivity index (χ2n) is 6.38. The van der Waals surface area contributed by atoms with E-state index in [1.165, 1.54) is 18.9 Å². The Labute approximate surface area is 150 Å². The summed E-state index contributed by atoms with van der Waals surface area (Å²) in [6, 6.07) is 6.42. The molecule has 2 rings (SSSR count). The fourth-order valence-electron chi connectivity index (χ4n) is 2.27. The van der Waals surface area contributed by atoms with Gasteiger partial charge in [0, 0.05) is 26.3 Å². The number of hydrogen-bond acceptors (Lipinski definition) is 3. The average molecular weight is 351 g/mol. The summed E-state index contributed by atoms with van der Waals surface area (Å²) >= 11 is 0. The van der Waals surface area contributed by atoms with E-state index in [2.05, 4.69) is 15.6 Å². The van der Waals surface area contributed by atoms with Crippen LogP contribution in [0.2, 0.25) is 0 Å². The number of benzene rings is 1. The van der Waals surface area contributed by atoms with Gasteiger partial charge in [-0.2, -0.15) is 0 Å². The van der Waals surface area contributed by atoms with E-state index >= 15 is 0 Å². The van der Waals surface area contributed by atoms with E-state index in [4.69, 9.17) is 9.47 Å². The molecule has 1 atom stereocenters. The first-order chi connectivity index (χ1) is 12.2. The molecule has 5 nitrogen and oxygen atoms in total. The van der Waals surface area contributed by atoms with Gasteiger partial charge in [-0.05, 0) is 51.2 Å². The Bertz CT molecular complexity index is 535. The third-order valence-electron chi connectivity index (χ3n) is 3.82. The molecule has 2 N–H and O–H groups in total. The quantitative estimate of drug-likeness (QED) is 0.366. The summed E-state index contributed by atoms with van der Waals surface area (Å²) in [7, 11) is 0. The Morgan fingerprint density at radius 1 is 1.32 bits per heavy atom. The van der Waals surface area contributed by atoms with Crippen LogP contribution in [0, 0.1) is 11.7 Å². The van der Waals surface area contributed by atoms with Gasteiger partial charge in [-0.25, -0.2) is 9.38 Å². The second-order valence-corrected chi connectivity index (χ2v) is 6.38. The minimum absolute atomic E-state index is 0.214. The lowest BCUT2D eigenvalue weighted by Crippen LogP contribution is -2.38. The van der Waals surface area contributed by atoms with Crippen molar-refractivity contribution in [3.05, 3.63) is 30.1 Å². The number of halogens is 1. The van der Waals surface area contributed by atoms with Crippen LogP contribution in [0.15, 0.2) is 29.3 Å². The Balaban J connectivity index is 1.67. The lowest BCUT2D eigenvalue weighted by molar-refractivity contribution is 0.123. The maximum atomic E-state index is 13.6. The van der Waals surface area contributed by atoms with Gasteiger partial charge in [-0.3, -0.25) is 0 Å². The number of nitrogens with zero attached hydrogens (tertiary/aromatic N) is 1. The second kappa shape index (κ2) is 10.9. The molecule has 1 saturated carbocycles. The van der Waals surface area contributed by atoms with Crippen molar-refractivity contribution in [3.63, 3.8) is 0 Å². The lowest BCUT2D eigenvalue weighted by Gasteiger charge is -2.15. The zero-order chi connectivity index (χ0) is 17.9. The van der Waals surface area contributed by atoms with Gasteiger partial charge in [-0.1, -0.05) is 12.1 Å². The Kier molecular flexibility index (Phi) is 8.52. The summed E-state index contributed by atoms with van der Waals surface area (Å²) in [4.78, 5) is 4.50. The van der Waals surface area contributed by atoms with Crippen molar-refractivity contribution in [2.24, 2.45) is 10.9 Å². The number of aliphatic imine (C=N–C) groups is 1. The molecule has 0 heterocycles. The van der Waals surface area contributed by atoms with E-state index in [1.54, 1.807) is 18.2 Å². The Morgan fingerprint density at radius 2 is 2.12 bits per heavy atom. The van der Waals surface area contributed by atoms with Crippen molar-refractivity contribution < 1.29 is 13.9 Å². The fourth-order valence-corrected chi connectivity index (χ4v) is 2.27. The predicted octanol–water partition coefficient (Wildman–Crippen LogP) is 2.96. The SMILES string of the molecule is CCNC(=NCC(C)Oc1ccccc1F)NCCCOCC1CC1. The first-order valence-electron chi connectivity index (χ1n) is 9.20. The van der Waals surface area contributed by atoms with Crippen LogP contribution in [0.25, 0.3) is 0 Å². The van der Waals surface area contributed by atoms with Crippen LogP contribution < -0.4 is 15.4 Å². The van der Waals surface area contributed by atoms with Crippen molar-refractivity contribution in [1.82, 2.24) is 10.6 Å². The molecule has 0 spiro atoms. The molecular weight excluding hydrogens is 321 g/mol. The maximum Gasteiger partial charge on any atom is 0.191 e. The molecule has 1 aromatic rings. The number of rotatable bonds is 11. The zero-order valence-electron chi connectivity index (χ0n) is 15.3. The Hall–Kier alpha value is -1.82. The van der Waals surface area contributed by atoms with E-state index in [1.807, 2.05) is 13.8 Å². The summed E-state index contributed by atoms with van der Waals surface area (Å²) in [5, 5.41) is 6.49. The minimum Gasteiger partial charge on any atom is -0.486 e. The molecular formula is C19H30FN3O2. The van der Waals surface area contributed by atoms with Crippen LogP contribution in [0.4, 0.5) is 4.39 Å². The Morgan fingerprint density at radius 3 is 2.84 bits per heavy atom. The number of guanidine groups is 1. The molecule has 0 aliphatic heterocycles. The summed E-state index contributed by atoms with van der Waals surface area (Å²) < 4.78 is 24.8. The summed E-state index contributed by atoms with van der Waals surface area (Å²) in [5.41, 5.74) is 0. The van der Waals surface area contributed by atoms with Crippen molar-refractivity contribution in [3.8, 4) is 5.75 Å². The molecule has 1 fully saturated rings. The van der Waals surface area contributed by atoms with Crippen molar-refractivity contribution in [1.29, 1.82) is 0 Å². The molecule has 0 bridgehead atoms. The van der Waals surface area contributed by atoms with Gasteiger partial charge >= 0.3 is 0 Å². The molecule has 140 valence electrons. The van der Waals surface area contributed by atoms with E-state index in [-0.39, 0.29) is 17.7 Å². The molecule has 25 heavy (non-hydrogen) atoms. The van der Waals surface area contributed by atoms with E-state index < -0.39 is 0 Å². The van der Waals surface area contributed by atoms with Gasteiger partial charge < -0.3 is 20.1 Å². The van der Waals surface area contributed by atoms with Crippen LogP contribution >= 0.6 is 0 Å². The van der Waals surface area contributed by atoms with Gasteiger partial charge in [-0.15, -0.1) is 0 Å². The highest BCUT2D eigenvalue weighted by molar-refractivity contribution is 5.79. The molecule has 1 aliphatic rings. The predicted molar refractivity (Wildman–Crippen MR) is 98.6 cm³/mol. The van der Waals surface area contributed by atoms with Crippen molar-refractivity contribution in [2.45, 2.75) is 39.2 Å². The molecule has 0 radical (unpaired) electrons. The number of ether oxygens (including phenoxy) is 2. The van der Waals surface area contributed by atoms with Crippen LogP contribution in [0.1, 0.15) is 33.1 Å². The fraction of sp³-hybridized carbons (Fsp3) is 0.632. The average Bonchev–Trinajstić information content (AvgIpc) is 3.42. The number of para-hydroxylation sites is 1. The van der Waals surface area contributed by atoms with Crippen LogP contribution in [-0.2, 0) is 4.74 Å². The highest BCUT2D eigenvalue weighted by atomic mass is 19.1. The van der Waals surface area contributed by atoms with Gasteiger partial charge in [0.25, 0.3) is 0 Å². The highest BCUT2D eigenvalue weighted by Gasteiger charge is 2.20. The van der Waals surface area contributed by atoms with Crippen LogP contribution in [0.3, 0.4) is 0 Å². The summed E-state index contributed by atoms with van der Waals surface area (Å²) in [6.07, 6.45) is 3.37. The van der Waals surface area contributed by atoms with Gasteiger partial charge in [0.05, 0.1) is 6.54 Å². The van der Waals surface area contributed by atoms with Crippen molar-refractivity contribution in [2.75, 3.05) is 32.8 Å². The third kappa shape index (κ3) is 8.20. The number of nitrogens with one attached hydrogen (secondary N) is 2. The van der Waals surface area contributed by atoms with E-state index in [0.29, 0.717) is 6.54 Å². The first-order valence-corrected chi connectivity index (χ1v) is 9.20. The van der Waals surface area contributed by atoms with E-state index in [9.17, 15) is 4.39 Å². The molecule has 0 amide bonds. The topological polar surface area (TPSA) is 54.9 Å². The third-order valence-corrected chi connectivity index (χ3v) is 3.82. The smallest absolute Gasteiger partial charge is 0.191 e. The summed E-state index contributed by atoms with van der Waals surface area (Å²) in [6.45, 7) is 7.61. The van der Waals surface area contributed by atoms with Crippen LogP contribution in [0.5, 0.6) is 5.75 Å². The minimum atomic E-state index is -0.352. The highest BCUT2D eigenvalue weighted by Crippen LogP contribution is 2.28. The van der Waals surface area contributed by atoms with Crippen molar-refractivity contribution >= 4 is 5.96 Å². The zero-order valence-corrected chi connectivity index (χ0v) is 15.3. The van der Waals surface area contributed by atoms with Crippen LogP contribution in [-0.4, -0.2) is 44.9 Å². The molecule has 1 unspecified atom stereocenters. The normalized spacial score (nSPS) is 15.7. The lowest BCUT2D eigenvalue weighted by atomic mass is 10.3. The van der Waals surface area contributed by atoms with E-state index in [0.717, 1.165) is 44.6 Å². The summed E-state index contributed by atoms with van der Waals surface area (Å²) in [5.74, 6) is 1.46. The maximum absolute atomic E-state index is 13.6. The number of hydrogen-bond donors (Lipinski definition) is 2. The largest absolute Gasteiger partial charge is 0.486 e. The standard InChI is InChI=1S/C19H30FN3O2/c1-3-21-19(22-11-6-12-24-14-16-9-10-16)23-13-15(2)25-18-8-5-4-7-17(18)20/h4-5,7-8,15-16H,3,6,9-14H2,1-2H3,(H2,21,22,23). The first kappa shape index (κ1) is 19.5. The monoisotopic (exact) mass is 351 g/mol. The van der Waals surface area contributed by atoms with Gasteiger partial charge in [0.2, 0.25) is 0 Å². The molecule has 1 aromatic carbocycles. The molecule has 0 saturated heterocycles. The van der Waals surface area contributed by atoms with Gasteiger partial charge in [0.15, 0.2) is 17.5 Å². The molecule has 6 heteroatoms.